The Kier molecular flexibility index (Phi) is 4.88. The molecule has 1 aromatic carbocycles. The standard InChI is InChI=1S/C17H26N2O2/c1-17(2,11-13-7-5-6-8-15(13)21-4)16(20)19(3)14-9-10-18-12-14/h5-8,14,18H,9-12H2,1-4H3. The highest BCUT2D eigenvalue weighted by Gasteiger charge is 2.35. The smallest absolute Gasteiger partial charge is 0.228 e. The number of rotatable bonds is 5. The molecule has 0 saturated carbocycles. The van der Waals surface area contributed by atoms with Crippen molar-refractivity contribution >= 4 is 5.91 Å². The number of ether oxygens (including phenoxy) is 1. The molecule has 0 radical (unpaired) electrons. The number of likely N-dealkylation sites (N-methyl/N-ethyl adjacent to an activating group) is 1. The van der Waals surface area contributed by atoms with Gasteiger partial charge in [-0.15, -0.1) is 0 Å². The van der Waals surface area contributed by atoms with Crippen LogP contribution in [0.25, 0.3) is 0 Å². The number of carbonyl (C=O) groups excluding carboxylic acids is 1. The van der Waals surface area contributed by atoms with E-state index in [1.165, 1.54) is 0 Å². The van der Waals surface area contributed by atoms with Gasteiger partial charge < -0.3 is 15.0 Å². The van der Waals surface area contributed by atoms with Gasteiger partial charge in [0, 0.05) is 25.0 Å². The van der Waals surface area contributed by atoms with E-state index in [4.69, 9.17) is 4.74 Å². The Labute approximate surface area is 127 Å². The minimum absolute atomic E-state index is 0.196. The Morgan fingerprint density at radius 1 is 1.43 bits per heavy atom. The summed E-state index contributed by atoms with van der Waals surface area (Å²) in [5.41, 5.74) is 0.641. The summed E-state index contributed by atoms with van der Waals surface area (Å²) in [5.74, 6) is 1.05. The lowest BCUT2D eigenvalue weighted by Gasteiger charge is -2.33. The Bertz CT molecular complexity index is 493. The summed E-state index contributed by atoms with van der Waals surface area (Å²) in [6.45, 7) is 5.92. The maximum absolute atomic E-state index is 12.8. The summed E-state index contributed by atoms with van der Waals surface area (Å²) in [4.78, 5) is 14.7. The summed E-state index contributed by atoms with van der Waals surface area (Å²) >= 11 is 0. The summed E-state index contributed by atoms with van der Waals surface area (Å²) in [5, 5.41) is 3.31. The first-order chi connectivity index (χ1) is 9.95. The lowest BCUT2D eigenvalue weighted by atomic mass is 9.83. The van der Waals surface area contributed by atoms with Crippen LogP contribution < -0.4 is 10.1 Å². The van der Waals surface area contributed by atoms with Crippen molar-refractivity contribution < 1.29 is 9.53 Å². The zero-order valence-corrected chi connectivity index (χ0v) is 13.5. The summed E-state index contributed by atoms with van der Waals surface area (Å²) in [6.07, 6.45) is 1.72. The fourth-order valence-corrected chi connectivity index (χ4v) is 3.01. The fourth-order valence-electron chi connectivity index (χ4n) is 3.01. The van der Waals surface area contributed by atoms with E-state index in [1.54, 1.807) is 7.11 Å². The second kappa shape index (κ2) is 6.48. The molecule has 2 rings (SSSR count). The van der Waals surface area contributed by atoms with E-state index in [-0.39, 0.29) is 5.91 Å². The topological polar surface area (TPSA) is 41.6 Å². The van der Waals surface area contributed by atoms with Gasteiger partial charge in [-0.25, -0.2) is 0 Å². The lowest BCUT2D eigenvalue weighted by Crippen LogP contribution is -2.46. The molecule has 0 spiro atoms. The molecule has 116 valence electrons. The summed E-state index contributed by atoms with van der Waals surface area (Å²) < 4.78 is 5.40. The molecule has 21 heavy (non-hydrogen) atoms. The van der Waals surface area contributed by atoms with E-state index in [9.17, 15) is 4.79 Å². The van der Waals surface area contributed by atoms with Gasteiger partial charge in [0.25, 0.3) is 0 Å². The van der Waals surface area contributed by atoms with Crippen LogP contribution in [0.2, 0.25) is 0 Å². The molecular weight excluding hydrogens is 264 g/mol. The Morgan fingerprint density at radius 2 is 2.14 bits per heavy atom. The first-order valence-corrected chi connectivity index (χ1v) is 7.55. The van der Waals surface area contributed by atoms with Crippen LogP contribution in [0.1, 0.15) is 25.8 Å². The van der Waals surface area contributed by atoms with E-state index in [1.807, 2.05) is 50.1 Å². The average Bonchev–Trinajstić information content (AvgIpc) is 3.00. The van der Waals surface area contributed by atoms with Crippen LogP contribution in [0, 0.1) is 5.41 Å². The van der Waals surface area contributed by atoms with Gasteiger partial charge in [-0.3, -0.25) is 4.79 Å². The lowest BCUT2D eigenvalue weighted by molar-refractivity contribution is -0.140. The molecule has 1 atom stereocenters. The zero-order valence-electron chi connectivity index (χ0n) is 13.5. The molecule has 1 heterocycles. The largest absolute Gasteiger partial charge is 0.496 e. The third-order valence-corrected chi connectivity index (χ3v) is 4.31. The maximum atomic E-state index is 12.8. The molecule has 0 bridgehead atoms. The van der Waals surface area contributed by atoms with Crippen molar-refractivity contribution in [2.75, 3.05) is 27.2 Å². The highest BCUT2D eigenvalue weighted by Crippen LogP contribution is 2.30. The van der Waals surface area contributed by atoms with Crippen LogP contribution in [0.4, 0.5) is 0 Å². The van der Waals surface area contributed by atoms with Gasteiger partial charge >= 0.3 is 0 Å². The number of nitrogens with zero attached hydrogens (tertiary/aromatic N) is 1. The van der Waals surface area contributed by atoms with Crippen LogP contribution in [-0.4, -0.2) is 44.1 Å². The van der Waals surface area contributed by atoms with Gasteiger partial charge in [-0.2, -0.15) is 0 Å². The van der Waals surface area contributed by atoms with Crippen molar-refractivity contribution in [1.29, 1.82) is 0 Å². The van der Waals surface area contributed by atoms with Gasteiger partial charge in [-0.05, 0) is 31.0 Å². The van der Waals surface area contributed by atoms with E-state index < -0.39 is 5.41 Å². The molecule has 4 nitrogen and oxygen atoms in total. The maximum Gasteiger partial charge on any atom is 0.228 e. The quantitative estimate of drug-likeness (QED) is 0.903. The molecule has 1 aliphatic heterocycles. The minimum atomic E-state index is -0.439. The summed E-state index contributed by atoms with van der Waals surface area (Å²) in [7, 11) is 3.59. The van der Waals surface area contributed by atoms with E-state index in [2.05, 4.69) is 5.32 Å². The van der Waals surface area contributed by atoms with Crippen LogP contribution in [0.5, 0.6) is 5.75 Å². The SMILES string of the molecule is COc1ccccc1CC(C)(C)C(=O)N(C)C1CCNC1. The second-order valence-corrected chi connectivity index (χ2v) is 6.44. The van der Waals surface area contributed by atoms with Crippen molar-refractivity contribution in [3.63, 3.8) is 0 Å². The first kappa shape index (κ1) is 15.8. The first-order valence-electron chi connectivity index (χ1n) is 7.55. The van der Waals surface area contributed by atoms with Gasteiger partial charge in [-0.1, -0.05) is 32.0 Å². The van der Waals surface area contributed by atoms with Gasteiger partial charge in [0.15, 0.2) is 0 Å². The second-order valence-electron chi connectivity index (χ2n) is 6.44. The van der Waals surface area contributed by atoms with Crippen LogP contribution in [-0.2, 0) is 11.2 Å². The molecule has 1 unspecified atom stereocenters. The third kappa shape index (κ3) is 3.56. The number of hydrogen-bond acceptors (Lipinski definition) is 3. The van der Waals surface area contributed by atoms with Crippen LogP contribution in [0.3, 0.4) is 0 Å². The molecule has 1 fully saturated rings. The van der Waals surface area contributed by atoms with Crippen molar-refractivity contribution in [3.8, 4) is 5.75 Å². The van der Waals surface area contributed by atoms with E-state index in [0.29, 0.717) is 12.5 Å². The minimum Gasteiger partial charge on any atom is -0.496 e. The molecule has 1 aromatic rings. The number of para-hydroxylation sites is 1. The number of nitrogens with one attached hydrogen (secondary N) is 1. The predicted molar refractivity (Wildman–Crippen MR) is 84.5 cm³/mol. The van der Waals surface area contributed by atoms with Gasteiger partial charge in [0.1, 0.15) is 5.75 Å². The molecule has 4 heteroatoms. The van der Waals surface area contributed by atoms with Crippen molar-refractivity contribution in [1.82, 2.24) is 10.2 Å². The number of hydrogen-bond donors (Lipinski definition) is 1. The van der Waals surface area contributed by atoms with Crippen LogP contribution in [0.15, 0.2) is 24.3 Å². The van der Waals surface area contributed by atoms with Crippen molar-refractivity contribution in [2.24, 2.45) is 5.41 Å². The summed E-state index contributed by atoms with van der Waals surface area (Å²) in [6, 6.07) is 8.23. The molecule has 0 aromatic heterocycles. The fraction of sp³-hybridized carbons (Fsp3) is 0.588. The Balaban J connectivity index is 2.11. The Hall–Kier alpha value is -1.55. The third-order valence-electron chi connectivity index (χ3n) is 4.31. The number of carbonyl (C=O) groups is 1. The van der Waals surface area contributed by atoms with E-state index >= 15 is 0 Å². The Morgan fingerprint density at radius 3 is 2.76 bits per heavy atom. The molecule has 1 N–H and O–H groups in total. The molecule has 0 aliphatic carbocycles. The molecule has 1 aliphatic rings. The van der Waals surface area contributed by atoms with Gasteiger partial charge in [0.05, 0.1) is 7.11 Å². The van der Waals surface area contributed by atoms with Gasteiger partial charge in [0.2, 0.25) is 5.91 Å². The number of methoxy groups -OCH3 is 1. The zero-order chi connectivity index (χ0) is 15.5. The molecule has 1 saturated heterocycles. The highest BCUT2D eigenvalue weighted by molar-refractivity contribution is 5.82. The van der Waals surface area contributed by atoms with E-state index in [0.717, 1.165) is 30.8 Å². The molecular formula is C17H26N2O2. The number of amides is 1. The average molecular weight is 290 g/mol. The van der Waals surface area contributed by atoms with Crippen molar-refractivity contribution in [2.45, 2.75) is 32.7 Å². The van der Waals surface area contributed by atoms with Crippen LogP contribution >= 0.6 is 0 Å². The predicted octanol–water partition coefficient (Wildman–Crippen LogP) is 2.08. The highest BCUT2D eigenvalue weighted by atomic mass is 16.5. The monoisotopic (exact) mass is 290 g/mol. The number of benzene rings is 1. The molecule has 1 amide bonds. The normalized spacial score (nSPS) is 18.6. The van der Waals surface area contributed by atoms with Crippen molar-refractivity contribution in [3.05, 3.63) is 29.8 Å².